The summed E-state index contributed by atoms with van der Waals surface area (Å²) in [4.78, 5) is 9.12. The van der Waals surface area contributed by atoms with Crippen LogP contribution in [0.2, 0.25) is 0 Å². The molecular weight excluding hydrogens is 456 g/mol. The number of aliphatic imine (C=N–C) groups is 1. The van der Waals surface area contributed by atoms with Crippen molar-refractivity contribution in [2.24, 2.45) is 4.99 Å². The zero-order chi connectivity index (χ0) is 18.4. The summed E-state index contributed by atoms with van der Waals surface area (Å²) in [6, 6.07) is 14.7. The number of guanidine groups is 1. The molecule has 0 saturated heterocycles. The van der Waals surface area contributed by atoms with E-state index in [2.05, 4.69) is 31.2 Å². The van der Waals surface area contributed by atoms with Crippen LogP contribution in [0.25, 0.3) is 11.0 Å². The highest BCUT2D eigenvalue weighted by molar-refractivity contribution is 14.0. The van der Waals surface area contributed by atoms with Gasteiger partial charge in [0, 0.05) is 19.6 Å². The number of fused-ring (bicyclic) bond motifs is 1. The molecule has 0 atom stereocenters. The molecule has 0 radical (unpaired) electrons. The highest BCUT2D eigenvalue weighted by atomic mass is 127. The van der Waals surface area contributed by atoms with Crippen molar-refractivity contribution < 1.29 is 4.39 Å². The van der Waals surface area contributed by atoms with E-state index in [1.165, 1.54) is 12.1 Å². The van der Waals surface area contributed by atoms with Gasteiger partial charge < -0.3 is 15.2 Å². The van der Waals surface area contributed by atoms with Crippen LogP contribution in [-0.2, 0) is 13.1 Å². The number of nitrogens with zero attached hydrogens (tertiary/aromatic N) is 3. The van der Waals surface area contributed by atoms with Crippen LogP contribution in [0.5, 0.6) is 0 Å². The van der Waals surface area contributed by atoms with Crippen molar-refractivity contribution in [3.05, 3.63) is 65.7 Å². The van der Waals surface area contributed by atoms with E-state index < -0.39 is 0 Å². The fourth-order valence-corrected chi connectivity index (χ4v) is 2.91. The van der Waals surface area contributed by atoms with Crippen molar-refractivity contribution in [3.63, 3.8) is 0 Å². The van der Waals surface area contributed by atoms with Gasteiger partial charge in [-0.2, -0.15) is 0 Å². The van der Waals surface area contributed by atoms with Gasteiger partial charge in [0.1, 0.15) is 11.6 Å². The Morgan fingerprint density at radius 1 is 1.15 bits per heavy atom. The van der Waals surface area contributed by atoms with Gasteiger partial charge in [0.25, 0.3) is 0 Å². The Morgan fingerprint density at radius 3 is 2.74 bits per heavy atom. The molecule has 27 heavy (non-hydrogen) atoms. The molecule has 0 aliphatic rings. The number of hydrogen-bond acceptors (Lipinski definition) is 2. The average molecular weight is 481 g/mol. The summed E-state index contributed by atoms with van der Waals surface area (Å²) in [7, 11) is 0. The van der Waals surface area contributed by atoms with E-state index in [0.717, 1.165) is 48.0 Å². The van der Waals surface area contributed by atoms with Gasteiger partial charge in [-0.25, -0.2) is 14.4 Å². The molecule has 0 spiro atoms. The van der Waals surface area contributed by atoms with Crippen LogP contribution in [0.15, 0.2) is 53.5 Å². The van der Waals surface area contributed by atoms with Gasteiger partial charge >= 0.3 is 0 Å². The molecule has 0 aliphatic carbocycles. The Bertz CT molecular complexity index is 906. The fourth-order valence-electron chi connectivity index (χ4n) is 2.91. The van der Waals surface area contributed by atoms with E-state index in [0.29, 0.717) is 6.54 Å². The third kappa shape index (κ3) is 5.66. The Labute approximate surface area is 176 Å². The molecular formula is C20H25FIN5. The van der Waals surface area contributed by atoms with Gasteiger partial charge in [-0.15, -0.1) is 24.0 Å². The standard InChI is InChI=1S/C20H24FN5.HI/c1-3-22-20(24-14-16-7-6-8-17(21)13-16)23-11-12-26-15(2)25-18-9-4-5-10-19(18)26;/h4-10,13H,3,11-12,14H2,1-2H3,(H2,22,23,24);1H. The second-order valence-electron chi connectivity index (χ2n) is 6.05. The third-order valence-corrected chi connectivity index (χ3v) is 4.13. The molecule has 144 valence electrons. The number of rotatable bonds is 6. The van der Waals surface area contributed by atoms with Crippen molar-refractivity contribution in [2.45, 2.75) is 26.9 Å². The molecule has 0 fully saturated rings. The van der Waals surface area contributed by atoms with Crippen LogP contribution in [0.1, 0.15) is 18.3 Å². The van der Waals surface area contributed by atoms with Gasteiger partial charge in [-0.05, 0) is 43.7 Å². The van der Waals surface area contributed by atoms with Crippen molar-refractivity contribution in [1.82, 2.24) is 20.2 Å². The van der Waals surface area contributed by atoms with E-state index in [1.807, 2.05) is 38.1 Å². The number of aromatic nitrogens is 2. The van der Waals surface area contributed by atoms with E-state index in [4.69, 9.17) is 0 Å². The SMILES string of the molecule is CCNC(=NCc1cccc(F)c1)NCCn1c(C)nc2ccccc21.I. The van der Waals surface area contributed by atoms with Gasteiger partial charge in [-0.1, -0.05) is 24.3 Å². The predicted octanol–water partition coefficient (Wildman–Crippen LogP) is 3.86. The summed E-state index contributed by atoms with van der Waals surface area (Å²) in [5.74, 6) is 1.48. The van der Waals surface area contributed by atoms with E-state index >= 15 is 0 Å². The largest absolute Gasteiger partial charge is 0.357 e. The maximum atomic E-state index is 13.3. The predicted molar refractivity (Wildman–Crippen MR) is 119 cm³/mol. The van der Waals surface area contributed by atoms with Crippen molar-refractivity contribution in [3.8, 4) is 0 Å². The minimum absolute atomic E-state index is 0. The molecule has 5 nitrogen and oxygen atoms in total. The van der Waals surface area contributed by atoms with Crippen LogP contribution in [0.3, 0.4) is 0 Å². The molecule has 0 unspecified atom stereocenters. The van der Waals surface area contributed by atoms with Crippen LogP contribution < -0.4 is 10.6 Å². The lowest BCUT2D eigenvalue weighted by Crippen LogP contribution is -2.38. The lowest BCUT2D eigenvalue weighted by molar-refractivity contribution is 0.625. The molecule has 2 aromatic carbocycles. The third-order valence-electron chi connectivity index (χ3n) is 4.13. The normalized spacial score (nSPS) is 11.3. The molecule has 3 aromatic rings. The van der Waals surface area contributed by atoms with Crippen molar-refractivity contribution in [1.29, 1.82) is 0 Å². The quantitative estimate of drug-likeness (QED) is 0.320. The highest BCUT2D eigenvalue weighted by Gasteiger charge is 2.06. The average Bonchev–Trinajstić information content (AvgIpc) is 2.95. The fraction of sp³-hybridized carbons (Fsp3) is 0.300. The first-order chi connectivity index (χ1) is 12.7. The van der Waals surface area contributed by atoms with Crippen molar-refractivity contribution in [2.75, 3.05) is 13.1 Å². The van der Waals surface area contributed by atoms with E-state index in [9.17, 15) is 4.39 Å². The Hall–Kier alpha value is -2.16. The summed E-state index contributed by atoms with van der Waals surface area (Å²) >= 11 is 0. The molecule has 1 aromatic heterocycles. The van der Waals surface area contributed by atoms with Crippen LogP contribution >= 0.6 is 24.0 Å². The smallest absolute Gasteiger partial charge is 0.191 e. The summed E-state index contributed by atoms with van der Waals surface area (Å²) in [6.07, 6.45) is 0. The number of halogens is 2. The van der Waals surface area contributed by atoms with Gasteiger partial charge in [-0.3, -0.25) is 0 Å². The number of aryl methyl sites for hydroxylation is 1. The lowest BCUT2D eigenvalue weighted by atomic mass is 10.2. The van der Waals surface area contributed by atoms with Crippen LogP contribution in [-0.4, -0.2) is 28.6 Å². The van der Waals surface area contributed by atoms with Crippen LogP contribution in [0, 0.1) is 12.7 Å². The molecule has 0 aliphatic heterocycles. The minimum atomic E-state index is -0.238. The number of para-hydroxylation sites is 2. The van der Waals surface area contributed by atoms with E-state index in [-0.39, 0.29) is 29.8 Å². The zero-order valence-electron chi connectivity index (χ0n) is 15.6. The number of imidazole rings is 1. The Morgan fingerprint density at radius 2 is 1.96 bits per heavy atom. The maximum Gasteiger partial charge on any atom is 0.191 e. The summed E-state index contributed by atoms with van der Waals surface area (Å²) in [5, 5.41) is 6.55. The molecule has 0 amide bonds. The molecule has 1 heterocycles. The molecule has 2 N–H and O–H groups in total. The molecule has 0 saturated carbocycles. The van der Waals surface area contributed by atoms with Gasteiger partial charge in [0.15, 0.2) is 5.96 Å². The lowest BCUT2D eigenvalue weighted by Gasteiger charge is -2.13. The highest BCUT2D eigenvalue weighted by Crippen LogP contribution is 2.14. The molecule has 3 rings (SSSR count). The summed E-state index contributed by atoms with van der Waals surface area (Å²) in [6.45, 7) is 6.74. The second kappa shape index (κ2) is 10.2. The summed E-state index contributed by atoms with van der Waals surface area (Å²) in [5.41, 5.74) is 2.99. The van der Waals surface area contributed by atoms with Crippen molar-refractivity contribution >= 4 is 41.0 Å². The maximum absolute atomic E-state index is 13.3. The number of nitrogens with one attached hydrogen (secondary N) is 2. The number of hydrogen-bond donors (Lipinski definition) is 2. The molecule has 7 heteroatoms. The second-order valence-corrected chi connectivity index (χ2v) is 6.05. The Balaban J connectivity index is 0.00000261. The Kier molecular flexibility index (Phi) is 8.02. The topological polar surface area (TPSA) is 54.2 Å². The first-order valence-corrected chi connectivity index (χ1v) is 8.86. The first kappa shape index (κ1) is 21.1. The zero-order valence-corrected chi connectivity index (χ0v) is 17.9. The molecule has 0 bridgehead atoms. The monoisotopic (exact) mass is 481 g/mol. The van der Waals surface area contributed by atoms with Gasteiger partial charge in [0.05, 0.1) is 17.6 Å². The first-order valence-electron chi connectivity index (χ1n) is 8.86. The minimum Gasteiger partial charge on any atom is -0.357 e. The van der Waals surface area contributed by atoms with Crippen LogP contribution in [0.4, 0.5) is 4.39 Å². The van der Waals surface area contributed by atoms with Gasteiger partial charge in [0.2, 0.25) is 0 Å². The summed E-state index contributed by atoms with van der Waals surface area (Å²) < 4.78 is 15.5. The number of benzene rings is 2. The van der Waals surface area contributed by atoms with E-state index in [1.54, 1.807) is 6.07 Å².